The molecule has 3 rings (SSSR count). The molecular weight excluding hydrogens is 310 g/mol. The number of nitrogens with one attached hydrogen (secondary N) is 1. The molecule has 1 aliphatic rings. The summed E-state index contributed by atoms with van der Waals surface area (Å²) in [6.07, 6.45) is 2.38. The van der Waals surface area contributed by atoms with Crippen molar-refractivity contribution in [1.82, 2.24) is 15.4 Å². The van der Waals surface area contributed by atoms with Gasteiger partial charge in [-0.05, 0) is 32.9 Å². The van der Waals surface area contributed by atoms with Gasteiger partial charge >= 0.3 is 0 Å². The summed E-state index contributed by atoms with van der Waals surface area (Å²) in [7, 11) is 0. The standard InChI is InChI=1S/C18H25N3O.ClH/c1-3-10-21(16-8-9-19-12-16)13-17-11-18(20-22-17)15-6-4-14(2)5-7-15;/h4-7,11,16,19H,3,8-10,12-13H2,1-2H3;1H. The summed E-state index contributed by atoms with van der Waals surface area (Å²) in [5, 5.41) is 7.68. The highest BCUT2D eigenvalue weighted by molar-refractivity contribution is 5.85. The Morgan fingerprint density at radius 2 is 2.09 bits per heavy atom. The number of nitrogens with zero attached hydrogens (tertiary/aromatic N) is 2. The minimum atomic E-state index is 0. The maximum Gasteiger partial charge on any atom is 0.151 e. The molecule has 2 aromatic rings. The third-order valence-corrected chi connectivity index (χ3v) is 4.33. The molecule has 5 heteroatoms. The normalized spacial score (nSPS) is 17.4. The average Bonchev–Trinajstić information content (AvgIpc) is 3.19. The van der Waals surface area contributed by atoms with E-state index in [-0.39, 0.29) is 12.4 Å². The van der Waals surface area contributed by atoms with Crippen LogP contribution in [0.1, 0.15) is 31.1 Å². The van der Waals surface area contributed by atoms with Crippen LogP contribution in [-0.4, -0.2) is 35.7 Å². The zero-order valence-electron chi connectivity index (χ0n) is 13.9. The summed E-state index contributed by atoms with van der Waals surface area (Å²) in [5.41, 5.74) is 3.30. The van der Waals surface area contributed by atoms with E-state index in [9.17, 15) is 0 Å². The van der Waals surface area contributed by atoms with Crippen LogP contribution in [0.25, 0.3) is 11.3 Å². The predicted molar refractivity (Wildman–Crippen MR) is 95.9 cm³/mol. The number of aryl methyl sites for hydroxylation is 1. The molecule has 4 nitrogen and oxygen atoms in total. The molecule has 2 heterocycles. The minimum Gasteiger partial charge on any atom is -0.359 e. The van der Waals surface area contributed by atoms with E-state index in [1.807, 2.05) is 0 Å². The van der Waals surface area contributed by atoms with E-state index >= 15 is 0 Å². The first kappa shape index (κ1) is 18.0. The Balaban J connectivity index is 0.00000192. The van der Waals surface area contributed by atoms with Crippen molar-refractivity contribution < 1.29 is 4.52 Å². The number of hydrogen-bond acceptors (Lipinski definition) is 4. The molecule has 23 heavy (non-hydrogen) atoms. The van der Waals surface area contributed by atoms with Crippen LogP contribution in [0, 0.1) is 6.92 Å². The van der Waals surface area contributed by atoms with Crippen molar-refractivity contribution in [2.24, 2.45) is 0 Å². The molecular formula is C18H26ClN3O. The van der Waals surface area contributed by atoms with E-state index in [4.69, 9.17) is 4.52 Å². The van der Waals surface area contributed by atoms with Crippen molar-refractivity contribution in [2.45, 2.75) is 39.3 Å². The lowest BCUT2D eigenvalue weighted by Gasteiger charge is -2.26. The summed E-state index contributed by atoms with van der Waals surface area (Å²) in [4.78, 5) is 2.51. The van der Waals surface area contributed by atoms with Crippen LogP contribution in [0.15, 0.2) is 34.9 Å². The van der Waals surface area contributed by atoms with Gasteiger partial charge in [0.05, 0.1) is 6.54 Å². The van der Waals surface area contributed by atoms with E-state index in [2.05, 4.69) is 59.6 Å². The Morgan fingerprint density at radius 3 is 2.74 bits per heavy atom. The molecule has 0 saturated carbocycles. The maximum atomic E-state index is 5.57. The predicted octanol–water partition coefficient (Wildman–Crippen LogP) is 3.65. The fourth-order valence-electron chi connectivity index (χ4n) is 3.08. The second kappa shape index (κ2) is 8.48. The maximum absolute atomic E-state index is 5.57. The zero-order chi connectivity index (χ0) is 15.4. The Bertz CT molecular complexity index is 591. The minimum absolute atomic E-state index is 0. The highest BCUT2D eigenvalue weighted by atomic mass is 35.5. The summed E-state index contributed by atoms with van der Waals surface area (Å²) < 4.78 is 5.57. The van der Waals surface area contributed by atoms with Crippen LogP contribution in [0.4, 0.5) is 0 Å². The third kappa shape index (κ3) is 4.56. The fraction of sp³-hybridized carbons (Fsp3) is 0.500. The van der Waals surface area contributed by atoms with Crippen molar-refractivity contribution in [3.63, 3.8) is 0 Å². The quantitative estimate of drug-likeness (QED) is 0.875. The summed E-state index contributed by atoms with van der Waals surface area (Å²) in [5.74, 6) is 0.955. The summed E-state index contributed by atoms with van der Waals surface area (Å²) >= 11 is 0. The van der Waals surface area contributed by atoms with Crippen molar-refractivity contribution in [1.29, 1.82) is 0 Å². The number of halogens is 1. The van der Waals surface area contributed by atoms with Crippen molar-refractivity contribution >= 4 is 12.4 Å². The molecule has 0 amide bonds. The molecule has 1 unspecified atom stereocenters. The lowest BCUT2D eigenvalue weighted by Crippen LogP contribution is -2.36. The first-order chi connectivity index (χ1) is 10.8. The topological polar surface area (TPSA) is 41.3 Å². The van der Waals surface area contributed by atoms with E-state index in [0.717, 1.165) is 49.6 Å². The van der Waals surface area contributed by atoms with Crippen LogP contribution < -0.4 is 5.32 Å². The zero-order valence-corrected chi connectivity index (χ0v) is 14.7. The van der Waals surface area contributed by atoms with Gasteiger partial charge in [-0.15, -0.1) is 12.4 Å². The van der Waals surface area contributed by atoms with Crippen molar-refractivity contribution in [3.05, 3.63) is 41.7 Å². The molecule has 0 aliphatic carbocycles. The first-order valence-electron chi connectivity index (χ1n) is 8.23. The van der Waals surface area contributed by atoms with Crippen LogP contribution >= 0.6 is 12.4 Å². The van der Waals surface area contributed by atoms with Gasteiger partial charge in [0.25, 0.3) is 0 Å². The van der Waals surface area contributed by atoms with Crippen LogP contribution in [0.5, 0.6) is 0 Å². The third-order valence-electron chi connectivity index (χ3n) is 4.33. The highest BCUT2D eigenvalue weighted by Crippen LogP contribution is 2.21. The van der Waals surface area contributed by atoms with Gasteiger partial charge in [0.1, 0.15) is 5.69 Å². The SMILES string of the molecule is CCCN(Cc1cc(-c2ccc(C)cc2)no1)C1CCNC1.Cl. The molecule has 0 bridgehead atoms. The molecule has 1 atom stereocenters. The number of hydrogen-bond donors (Lipinski definition) is 1. The Morgan fingerprint density at radius 1 is 1.30 bits per heavy atom. The van der Waals surface area contributed by atoms with E-state index in [0.29, 0.717) is 6.04 Å². The van der Waals surface area contributed by atoms with Gasteiger partial charge in [0.2, 0.25) is 0 Å². The van der Waals surface area contributed by atoms with E-state index in [1.165, 1.54) is 12.0 Å². The number of rotatable bonds is 6. The molecule has 1 N–H and O–H groups in total. The van der Waals surface area contributed by atoms with Crippen molar-refractivity contribution in [2.75, 3.05) is 19.6 Å². The van der Waals surface area contributed by atoms with Gasteiger partial charge in [-0.25, -0.2) is 0 Å². The Labute approximate surface area is 144 Å². The van der Waals surface area contributed by atoms with Gasteiger partial charge in [-0.1, -0.05) is 41.9 Å². The molecule has 0 spiro atoms. The second-order valence-electron chi connectivity index (χ2n) is 6.16. The van der Waals surface area contributed by atoms with Crippen LogP contribution in [0.2, 0.25) is 0 Å². The average molecular weight is 336 g/mol. The van der Waals surface area contributed by atoms with Crippen LogP contribution in [-0.2, 0) is 6.54 Å². The summed E-state index contributed by atoms with van der Waals surface area (Å²) in [6, 6.07) is 11.1. The van der Waals surface area contributed by atoms with Crippen LogP contribution in [0.3, 0.4) is 0 Å². The highest BCUT2D eigenvalue weighted by Gasteiger charge is 2.23. The molecule has 126 valence electrons. The monoisotopic (exact) mass is 335 g/mol. The number of benzene rings is 1. The van der Waals surface area contributed by atoms with E-state index in [1.54, 1.807) is 0 Å². The lowest BCUT2D eigenvalue weighted by atomic mass is 10.1. The van der Waals surface area contributed by atoms with E-state index < -0.39 is 0 Å². The molecule has 0 radical (unpaired) electrons. The molecule has 1 aliphatic heterocycles. The Kier molecular flexibility index (Phi) is 6.63. The fourth-order valence-corrected chi connectivity index (χ4v) is 3.08. The summed E-state index contributed by atoms with van der Waals surface area (Å²) in [6.45, 7) is 8.48. The van der Waals surface area contributed by atoms with Crippen molar-refractivity contribution in [3.8, 4) is 11.3 Å². The number of aromatic nitrogens is 1. The molecule has 1 fully saturated rings. The molecule has 1 aromatic heterocycles. The lowest BCUT2D eigenvalue weighted by molar-refractivity contribution is 0.178. The largest absolute Gasteiger partial charge is 0.359 e. The first-order valence-corrected chi connectivity index (χ1v) is 8.23. The van der Waals surface area contributed by atoms with Gasteiger partial charge in [0, 0.05) is 24.2 Å². The smallest absolute Gasteiger partial charge is 0.151 e. The van der Waals surface area contributed by atoms with Gasteiger partial charge in [0.15, 0.2) is 5.76 Å². The Hall–Kier alpha value is -1.36. The molecule has 1 saturated heterocycles. The van der Waals surface area contributed by atoms with Gasteiger partial charge in [-0.2, -0.15) is 0 Å². The van der Waals surface area contributed by atoms with Gasteiger partial charge < -0.3 is 9.84 Å². The second-order valence-corrected chi connectivity index (χ2v) is 6.16. The molecule has 1 aromatic carbocycles. The van der Waals surface area contributed by atoms with Gasteiger partial charge in [-0.3, -0.25) is 4.90 Å².